The third kappa shape index (κ3) is 5.19. The SMILES string of the molecule is CCCCc1cc(C)cc(CC(CC)CCCC)c1O. The van der Waals surface area contributed by atoms with Crippen LogP contribution in [0.25, 0.3) is 0 Å². The zero-order valence-corrected chi connectivity index (χ0v) is 13.8. The standard InChI is InChI=1S/C19H32O/c1-5-8-10-16(7-3)14-18-13-15(4)12-17(19(18)20)11-9-6-2/h12-13,16,20H,5-11,14H2,1-4H3. The van der Waals surface area contributed by atoms with Crippen LogP contribution in [0.2, 0.25) is 0 Å². The van der Waals surface area contributed by atoms with Gasteiger partial charge in [-0.15, -0.1) is 0 Å². The topological polar surface area (TPSA) is 20.2 Å². The van der Waals surface area contributed by atoms with Crippen molar-refractivity contribution in [3.05, 3.63) is 28.8 Å². The number of benzene rings is 1. The summed E-state index contributed by atoms with van der Waals surface area (Å²) in [6, 6.07) is 4.33. The molecule has 1 unspecified atom stereocenters. The highest BCUT2D eigenvalue weighted by atomic mass is 16.3. The van der Waals surface area contributed by atoms with E-state index in [9.17, 15) is 5.11 Å². The summed E-state index contributed by atoms with van der Waals surface area (Å²) in [5.41, 5.74) is 3.60. The highest BCUT2D eigenvalue weighted by molar-refractivity contribution is 5.43. The highest BCUT2D eigenvalue weighted by Crippen LogP contribution is 2.30. The van der Waals surface area contributed by atoms with Crippen LogP contribution < -0.4 is 0 Å². The van der Waals surface area contributed by atoms with E-state index in [0.29, 0.717) is 11.7 Å². The second-order valence-corrected chi connectivity index (χ2v) is 6.16. The second kappa shape index (κ2) is 9.05. The molecule has 1 aromatic carbocycles. The number of hydrogen-bond donors (Lipinski definition) is 1. The largest absolute Gasteiger partial charge is 0.507 e. The van der Waals surface area contributed by atoms with E-state index in [1.54, 1.807) is 0 Å². The van der Waals surface area contributed by atoms with Crippen LogP contribution in [0.5, 0.6) is 5.75 Å². The highest BCUT2D eigenvalue weighted by Gasteiger charge is 2.13. The van der Waals surface area contributed by atoms with Gasteiger partial charge in [0.15, 0.2) is 0 Å². The van der Waals surface area contributed by atoms with Crippen molar-refractivity contribution < 1.29 is 5.11 Å². The molecule has 0 saturated heterocycles. The first-order valence-electron chi connectivity index (χ1n) is 8.43. The molecule has 0 aliphatic rings. The van der Waals surface area contributed by atoms with Gasteiger partial charge < -0.3 is 5.11 Å². The van der Waals surface area contributed by atoms with Crippen LogP contribution in [-0.2, 0) is 12.8 Å². The van der Waals surface area contributed by atoms with E-state index < -0.39 is 0 Å². The van der Waals surface area contributed by atoms with Crippen LogP contribution >= 0.6 is 0 Å². The van der Waals surface area contributed by atoms with Crippen molar-refractivity contribution in [2.45, 2.75) is 79.1 Å². The molecule has 0 fully saturated rings. The minimum absolute atomic E-state index is 0.569. The Morgan fingerprint density at radius 1 is 1.00 bits per heavy atom. The third-order valence-corrected chi connectivity index (χ3v) is 4.26. The first-order valence-corrected chi connectivity index (χ1v) is 8.43. The average molecular weight is 276 g/mol. The second-order valence-electron chi connectivity index (χ2n) is 6.16. The zero-order valence-electron chi connectivity index (χ0n) is 13.8. The van der Waals surface area contributed by atoms with E-state index in [1.165, 1.54) is 43.2 Å². The van der Waals surface area contributed by atoms with Crippen molar-refractivity contribution in [2.75, 3.05) is 0 Å². The fraction of sp³-hybridized carbons (Fsp3) is 0.684. The maximum absolute atomic E-state index is 10.5. The number of aryl methyl sites for hydroxylation is 2. The smallest absolute Gasteiger partial charge is 0.121 e. The molecule has 0 aliphatic carbocycles. The molecular formula is C19H32O. The first kappa shape index (κ1) is 17.1. The van der Waals surface area contributed by atoms with E-state index in [2.05, 4.69) is 39.8 Å². The molecule has 0 aromatic heterocycles. The van der Waals surface area contributed by atoms with Crippen molar-refractivity contribution in [1.29, 1.82) is 0 Å². The molecule has 1 rings (SSSR count). The van der Waals surface area contributed by atoms with E-state index in [4.69, 9.17) is 0 Å². The van der Waals surface area contributed by atoms with Gasteiger partial charge in [-0.05, 0) is 43.2 Å². The lowest BCUT2D eigenvalue weighted by molar-refractivity contribution is 0.423. The Bertz CT molecular complexity index is 395. The predicted octanol–water partition coefficient (Wildman–Crippen LogP) is 5.80. The molecule has 1 aromatic rings. The molecule has 1 atom stereocenters. The summed E-state index contributed by atoms with van der Waals surface area (Å²) in [7, 11) is 0. The predicted molar refractivity (Wildman–Crippen MR) is 88.5 cm³/mol. The van der Waals surface area contributed by atoms with Gasteiger partial charge in [-0.2, -0.15) is 0 Å². The van der Waals surface area contributed by atoms with Crippen molar-refractivity contribution >= 4 is 0 Å². The molecule has 114 valence electrons. The van der Waals surface area contributed by atoms with Gasteiger partial charge >= 0.3 is 0 Å². The summed E-state index contributed by atoms with van der Waals surface area (Å²) in [5.74, 6) is 1.28. The molecule has 20 heavy (non-hydrogen) atoms. The Balaban J connectivity index is 2.84. The Kier molecular flexibility index (Phi) is 7.72. The van der Waals surface area contributed by atoms with E-state index >= 15 is 0 Å². The lowest BCUT2D eigenvalue weighted by Crippen LogP contribution is -2.05. The molecule has 0 radical (unpaired) electrons. The quantitative estimate of drug-likeness (QED) is 0.604. The molecule has 0 heterocycles. The van der Waals surface area contributed by atoms with E-state index in [-0.39, 0.29) is 0 Å². The van der Waals surface area contributed by atoms with Crippen LogP contribution in [0, 0.1) is 12.8 Å². The number of aromatic hydroxyl groups is 1. The number of unbranched alkanes of at least 4 members (excludes halogenated alkanes) is 2. The van der Waals surface area contributed by atoms with Gasteiger partial charge in [0, 0.05) is 0 Å². The summed E-state index contributed by atoms with van der Waals surface area (Å²) >= 11 is 0. The monoisotopic (exact) mass is 276 g/mol. The Morgan fingerprint density at radius 2 is 1.65 bits per heavy atom. The number of phenols is 1. The fourth-order valence-electron chi connectivity index (χ4n) is 2.90. The van der Waals surface area contributed by atoms with Crippen molar-refractivity contribution in [2.24, 2.45) is 5.92 Å². The summed E-state index contributed by atoms with van der Waals surface area (Å²) in [5, 5.41) is 10.5. The van der Waals surface area contributed by atoms with E-state index in [0.717, 1.165) is 24.8 Å². The van der Waals surface area contributed by atoms with Crippen LogP contribution in [0.15, 0.2) is 12.1 Å². The normalized spacial score (nSPS) is 12.6. The fourth-order valence-corrected chi connectivity index (χ4v) is 2.90. The van der Waals surface area contributed by atoms with Gasteiger partial charge in [0.25, 0.3) is 0 Å². The lowest BCUT2D eigenvalue weighted by atomic mass is 9.89. The number of hydrogen-bond acceptors (Lipinski definition) is 1. The molecule has 0 aliphatic heterocycles. The van der Waals surface area contributed by atoms with Gasteiger partial charge in [-0.1, -0.05) is 70.6 Å². The lowest BCUT2D eigenvalue weighted by Gasteiger charge is -2.17. The van der Waals surface area contributed by atoms with Crippen molar-refractivity contribution in [1.82, 2.24) is 0 Å². The van der Waals surface area contributed by atoms with Crippen LogP contribution in [0.3, 0.4) is 0 Å². The van der Waals surface area contributed by atoms with Crippen molar-refractivity contribution in [3.8, 4) is 5.75 Å². The molecule has 0 saturated carbocycles. The minimum Gasteiger partial charge on any atom is -0.507 e. The molecule has 0 amide bonds. The average Bonchev–Trinajstić information content (AvgIpc) is 2.44. The molecule has 1 N–H and O–H groups in total. The Morgan fingerprint density at radius 3 is 2.25 bits per heavy atom. The van der Waals surface area contributed by atoms with E-state index in [1.807, 2.05) is 0 Å². The van der Waals surface area contributed by atoms with Gasteiger partial charge in [0.1, 0.15) is 5.75 Å². The number of phenolic OH excluding ortho intramolecular Hbond substituents is 1. The summed E-state index contributed by atoms with van der Waals surface area (Å²) in [6.07, 6.45) is 9.42. The minimum atomic E-state index is 0.569. The summed E-state index contributed by atoms with van der Waals surface area (Å²) in [4.78, 5) is 0. The zero-order chi connectivity index (χ0) is 15.0. The maximum atomic E-state index is 10.5. The molecular weight excluding hydrogens is 244 g/mol. The van der Waals surface area contributed by atoms with Gasteiger partial charge in [-0.25, -0.2) is 0 Å². The first-order chi connectivity index (χ1) is 9.62. The Labute approximate surface area is 125 Å². The summed E-state index contributed by atoms with van der Waals surface area (Å²) in [6.45, 7) is 8.86. The maximum Gasteiger partial charge on any atom is 0.121 e. The molecule has 0 bridgehead atoms. The van der Waals surface area contributed by atoms with Crippen LogP contribution in [0.4, 0.5) is 0 Å². The molecule has 1 nitrogen and oxygen atoms in total. The van der Waals surface area contributed by atoms with Crippen LogP contribution in [0.1, 0.15) is 76.0 Å². The van der Waals surface area contributed by atoms with Gasteiger partial charge in [-0.3, -0.25) is 0 Å². The number of rotatable bonds is 9. The summed E-state index contributed by atoms with van der Waals surface area (Å²) < 4.78 is 0. The Hall–Kier alpha value is -0.980. The third-order valence-electron chi connectivity index (χ3n) is 4.26. The van der Waals surface area contributed by atoms with Crippen LogP contribution in [-0.4, -0.2) is 5.11 Å². The van der Waals surface area contributed by atoms with Gasteiger partial charge in [0.05, 0.1) is 0 Å². The van der Waals surface area contributed by atoms with Gasteiger partial charge in [0.2, 0.25) is 0 Å². The van der Waals surface area contributed by atoms with Crippen molar-refractivity contribution in [3.63, 3.8) is 0 Å². The molecule has 1 heteroatoms. The molecule has 0 spiro atoms.